The molecule has 1 N–H and O–H groups in total. The number of nitrogens with one attached hydrogen (secondary N) is 1. The third-order valence-corrected chi connectivity index (χ3v) is 3.74. The zero-order valence-electron chi connectivity index (χ0n) is 10.9. The van der Waals surface area contributed by atoms with Gasteiger partial charge in [0.05, 0.1) is 12.2 Å². The molecule has 2 aliphatic rings. The molecule has 2 unspecified atom stereocenters. The molecule has 0 aromatic heterocycles. The molecule has 2 aliphatic heterocycles. The van der Waals surface area contributed by atoms with Crippen molar-refractivity contribution in [3.8, 4) is 0 Å². The van der Waals surface area contributed by atoms with Crippen LogP contribution in [0.3, 0.4) is 0 Å². The van der Waals surface area contributed by atoms with Crippen LogP contribution in [0.1, 0.15) is 32.6 Å². The Hall–Kier alpha value is -0.380. The van der Waals surface area contributed by atoms with Crippen molar-refractivity contribution >= 4 is 0 Å². The highest BCUT2D eigenvalue weighted by Gasteiger charge is 2.40. The zero-order valence-corrected chi connectivity index (χ0v) is 10.9. The van der Waals surface area contributed by atoms with E-state index in [0.29, 0.717) is 5.92 Å². The fraction of sp³-hybridized carbons (Fsp3) is 0.857. The van der Waals surface area contributed by atoms with Crippen molar-refractivity contribution in [2.45, 2.75) is 38.2 Å². The van der Waals surface area contributed by atoms with Crippen LogP contribution in [0.4, 0.5) is 0 Å². The average Bonchev–Trinajstić information content (AvgIpc) is 2.77. The molecule has 2 rings (SSSR count). The smallest absolute Gasteiger partial charge is 0.0942 e. The Kier molecular flexibility index (Phi) is 5.01. The van der Waals surface area contributed by atoms with Gasteiger partial charge in [-0.25, -0.2) is 0 Å². The highest BCUT2D eigenvalue weighted by molar-refractivity contribution is 4.98. The summed E-state index contributed by atoms with van der Waals surface area (Å²) >= 11 is 0. The first-order chi connectivity index (χ1) is 8.35. The van der Waals surface area contributed by atoms with Gasteiger partial charge in [0.25, 0.3) is 0 Å². The minimum atomic E-state index is 0.0505. The summed E-state index contributed by atoms with van der Waals surface area (Å²) in [6, 6.07) is 0. The van der Waals surface area contributed by atoms with E-state index in [2.05, 4.69) is 24.4 Å². The van der Waals surface area contributed by atoms with Gasteiger partial charge in [-0.05, 0) is 38.3 Å². The van der Waals surface area contributed by atoms with E-state index in [9.17, 15) is 0 Å². The van der Waals surface area contributed by atoms with Crippen LogP contribution in [0.2, 0.25) is 0 Å². The lowest BCUT2D eigenvalue weighted by Crippen LogP contribution is -2.39. The van der Waals surface area contributed by atoms with Crippen molar-refractivity contribution in [3.63, 3.8) is 0 Å². The molecule has 0 aromatic carbocycles. The van der Waals surface area contributed by atoms with E-state index in [1.54, 1.807) is 0 Å². The van der Waals surface area contributed by atoms with E-state index in [-0.39, 0.29) is 5.60 Å². The highest BCUT2D eigenvalue weighted by atomic mass is 16.6. The molecular weight excluding hydrogens is 214 g/mol. The standard InChI is InChI=1S/C14H25NO2/c1-2-15-8-4-3-5-13-6-9-17-14(11-13)7-10-16-12-14/h3,5,13,15H,2,4,6-12H2,1H3. The summed E-state index contributed by atoms with van der Waals surface area (Å²) in [6.45, 7) is 6.86. The van der Waals surface area contributed by atoms with Crippen LogP contribution in [0.25, 0.3) is 0 Å². The molecule has 0 bridgehead atoms. The van der Waals surface area contributed by atoms with Crippen LogP contribution in [0.15, 0.2) is 12.2 Å². The first kappa shape index (κ1) is 13.1. The normalized spacial score (nSPS) is 33.8. The van der Waals surface area contributed by atoms with Gasteiger partial charge in [0.15, 0.2) is 0 Å². The lowest BCUT2D eigenvalue weighted by Gasteiger charge is -2.36. The summed E-state index contributed by atoms with van der Waals surface area (Å²) in [4.78, 5) is 0. The SMILES string of the molecule is CCNCCC=CC1CCOC2(CCOC2)C1. The minimum Gasteiger partial charge on any atom is -0.378 e. The second-order valence-electron chi connectivity index (χ2n) is 5.16. The second kappa shape index (κ2) is 6.53. The van der Waals surface area contributed by atoms with E-state index in [0.717, 1.165) is 52.2 Å². The van der Waals surface area contributed by atoms with Gasteiger partial charge in [0.2, 0.25) is 0 Å². The van der Waals surface area contributed by atoms with Gasteiger partial charge < -0.3 is 14.8 Å². The van der Waals surface area contributed by atoms with Crippen molar-refractivity contribution in [1.82, 2.24) is 5.32 Å². The molecular formula is C14H25NO2. The first-order valence-electron chi connectivity index (χ1n) is 6.94. The van der Waals surface area contributed by atoms with Gasteiger partial charge in [-0.2, -0.15) is 0 Å². The van der Waals surface area contributed by atoms with Crippen molar-refractivity contribution in [3.05, 3.63) is 12.2 Å². The number of rotatable bonds is 5. The molecule has 17 heavy (non-hydrogen) atoms. The quantitative estimate of drug-likeness (QED) is 0.589. The lowest BCUT2D eigenvalue weighted by atomic mass is 9.85. The molecule has 0 amide bonds. The fourth-order valence-electron chi connectivity index (χ4n) is 2.74. The predicted molar refractivity (Wildman–Crippen MR) is 69.1 cm³/mol. The molecule has 0 aliphatic carbocycles. The maximum Gasteiger partial charge on any atom is 0.0942 e. The van der Waals surface area contributed by atoms with Crippen molar-refractivity contribution in [1.29, 1.82) is 0 Å². The molecule has 2 fully saturated rings. The largest absolute Gasteiger partial charge is 0.378 e. The summed E-state index contributed by atoms with van der Waals surface area (Å²) in [5, 5.41) is 3.34. The predicted octanol–water partition coefficient (Wildman–Crippen LogP) is 2.13. The average molecular weight is 239 g/mol. The topological polar surface area (TPSA) is 30.5 Å². The molecule has 3 nitrogen and oxygen atoms in total. The molecule has 98 valence electrons. The van der Waals surface area contributed by atoms with Crippen molar-refractivity contribution in [2.75, 3.05) is 32.9 Å². The third-order valence-electron chi connectivity index (χ3n) is 3.74. The molecule has 2 saturated heterocycles. The molecule has 1 spiro atoms. The Balaban J connectivity index is 1.73. The van der Waals surface area contributed by atoms with E-state index < -0.39 is 0 Å². The van der Waals surface area contributed by atoms with Gasteiger partial charge in [-0.15, -0.1) is 0 Å². The molecule has 0 saturated carbocycles. The number of hydrogen-bond donors (Lipinski definition) is 1. The van der Waals surface area contributed by atoms with Crippen molar-refractivity contribution < 1.29 is 9.47 Å². The Bertz CT molecular complexity index is 247. The van der Waals surface area contributed by atoms with Crippen LogP contribution in [-0.2, 0) is 9.47 Å². The first-order valence-corrected chi connectivity index (χ1v) is 6.94. The zero-order chi connectivity index (χ0) is 12.0. The van der Waals surface area contributed by atoms with Gasteiger partial charge in [-0.3, -0.25) is 0 Å². The summed E-state index contributed by atoms with van der Waals surface area (Å²) in [7, 11) is 0. The van der Waals surface area contributed by atoms with E-state index in [4.69, 9.17) is 9.47 Å². The van der Waals surface area contributed by atoms with Gasteiger partial charge in [0.1, 0.15) is 0 Å². The summed E-state index contributed by atoms with van der Waals surface area (Å²) in [5.41, 5.74) is 0.0505. The summed E-state index contributed by atoms with van der Waals surface area (Å²) in [5.74, 6) is 0.687. The van der Waals surface area contributed by atoms with Crippen molar-refractivity contribution in [2.24, 2.45) is 5.92 Å². The Labute approximate surface area is 105 Å². The van der Waals surface area contributed by atoms with Gasteiger partial charge >= 0.3 is 0 Å². The number of ether oxygens (including phenoxy) is 2. The Morgan fingerprint density at radius 1 is 1.41 bits per heavy atom. The Morgan fingerprint density at radius 2 is 2.35 bits per heavy atom. The van der Waals surface area contributed by atoms with Crippen LogP contribution >= 0.6 is 0 Å². The van der Waals surface area contributed by atoms with Crippen LogP contribution in [-0.4, -0.2) is 38.5 Å². The summed E-state index contributed by atoms with van der Waals surface area (Å²) < 4.78 is 11.4. The van der Waals surface area contributed by atoms with Crippen LogP contribution in [0, 0.1) is 5.92 Å². The lowest BCUT2D eigenvalue weighted by molar-refractivity contribution is -0.0910. The van der Waals surface area contributed by atoms with E-state index in [1.165, 1.54) is 6.42 Å². The molecule has 0 aromatic rings. The molecule has 2 heterocycles. The third kappa shape index (κ3) is 3.80. The maximum atomic E-state index is 5.93. The fourth-order valence-corrected chi connectivity index (χ4v) is 2.74. The number of allylic oxidation sites excluding steroid dienone is 1. The molecule has 3 heteroatoms. The minimum absolute atomic E-state index is 0.0505. The maximum absolute atomic E-state index is 5.93. The number of hydrogen-bond acceptors (Lipinski definition) is 3. The highest BCUT2D eigenvalue weighted by Crippen LogP contribution is 2.36. The Morgan fingerprint density at radius 3 is 3.12 bits per heavy atom. The van der Waals surface area contributed by atoms with E-state index >= 15 is 0 Å². The monoisotopic (exact) mass is 239 g/mol. The second-order valence-corrected chi connectivity index (χ2v) is 5.16. The molecule has 2 atom stereocenters. The van der Waals surface area contributed by atoms with Crippen LogP contribution in [0.5, 0.6) is 0 Å². The van der Waals surface area contributed by atoms with Gasteiger partial charge in [-0.1, -0.05) is 19.1 Å². The van der Waals surface area contributed by atoms with Gasteiger partial charge in [0, 0.05) is 19.6 Å². The molecule has 0 radical (unpaired) electrons. The summed E-state index contributed by atoms with van der Waals surface area (Å²) in [6.07, 6.45) is 9.23. The van der Waals surface area contributed by atoms with Crippen LogP contribution < -0.4 is 5.32 Å². The van der Waals surface area contributed by atoms with E-state index in [1.807, 2.05) is 0 Å².